The van der Waals surface area contributed by atoms with Gasteiger partial charge in [0.15, 0.2) is 0 Å². The maximum Gasteiger partial charge on any atom is 0.256 e. The predicted molar refractivity (Wildman–Crippen MR) is 97.1 cm³/mol. The third-order valence-corrected chi connectivity index (χ3v) is 6.56. The fraction of sp³-hybridized carbons (Fsp3) is 0.278. The molecule has 0 radical (unpaired) electrons. The van der Waals surface area contributed by atoms with Crippen molar-refractivity contribution in [3.63, 3.8) is 0 Å². The van der Waals surface area contributed by atoms with E-state index in [9.17, 15) is 22.0 Å². The van der Waals surface area contributed by atoms with Gasteiger partial charge >= 0.3 is 0 Å². The zero-order valence-corrected chi connectivity index (χ0v) is 15.8. The molecule has 1 heterocycles. The lowest BCUT2D eigenvalue weighted by molar-refractivity contribution is 0.0759. The molecule has 144 valence electrons. The molecule has 0 aromatic heterocycles. The van der Waals surface area contributed by atoms with Crippen LogP contribution in [0.5, 0.6) is 0 Å². The van der Waals surface area contributed by atoms with E-state index < -0.39 is 27.6 Å². The Balaban J connectivity index is 1.77. The molecule has 2 aromatic carbocycles. The van der Waals surface area contributed by atoms with Crippen LogP contribution in [-0.4, -0.2) is 49.7 Å². The molecule has 0 saturated carbocycles. The van der Waals surface area contributed by atoms with Gasteiger partial charge in [-0.05, 0) is 36.8 Å². The average molecular weight is 415 g/mol. The van der Waals surface area contributed by atoms with Gasteiger partial charge in [0, 0.05) is 26.2 Å². The first-order chi connectivity index (χ1) is 12.8. The van der Waals surface area contributed by atoms with Crippen molar-refractivity contribution in [1.29, 1.82) is 0 Å². The molecular weight excluding hydrogens is 398 g/mol. The molecule has 5 nitrogen and oxygen atoms in total. The summed E-state index contributed by atoms with van der Waals surface area (Å²) in [6, 6.07) is 8.90. The minimum Gasteiger partial charge on any atom is -0.337 e. The monoisotopic (exact) mass is 414 g/mol. The highest BCUT2D eigenvalue weighted by Crippen LogP contribution is 2.23. The molecular formula is C18H17ClF2N2O3S. The van der Waals surface area contributed by atoms with Crippen LogP contribution >= 0.6 is 11.6 Å². The number of nitrogens with zero attached hydrogens (tertiary/aromatic N) is 2. The normalized spacial score (nSPS) is 16.2. The van der Waals surface area contributed by atoms with Gasteiger partial charge < -0.3 is 4.90 Å². The van der Waals surface area contributed by atoms with E-state index in [0.29, 0.717) is 13.0 Å². The predicted octanol–water partition coefficient (Wildman–Crippen LogP) is 3.16. The van der Waals surface area contributed by atoms with Crippen LogP contribution in [0.1, 0.15) is 16.8 Å². The largest absolute Gasteiger partial charge is 0.337 e. The summed E-state index contributed by atoms with van der Waals surface area (Å²) in [7, 11) is -3.88. The van der Waals surface area contributed by atoms with Crippen LogP contribution in [0, 0.1) is 11.6 Å². The number of halogens is 3. The maximum absolute atomic E-state index is 13.9. The molecule has 3 rings (SSSR count). The van der Waals surface area contributed by atoms with Crippen LogP contribution in [0.4, 0.5) is 8.78 Å². The first kappa shape index (κ1) is 19.7. The van der Waals surface area contributed by atoms with Crippen LogP contribution in [0.15, 0.2) is 47.4 Å². The van der Waals surface area contributed by atoms with Gasteiger partial charge in [0.1, 0.15) is 11.6 Å². The van der Waals surface area contributed by atoms with E-state index in [0.717, 1.165) is 18.2 Å². The fourth-order valence-electron chi connectivity index (χ4n) is 2.93. The standard InChI is InChI=1S/C18H17ClF2N2O3S/c19-15-12-13(6-7-17(15)21)27(25,26)23-9-3-8-22(10-11-23)18(24)14-4-1-2-5-16(14)20/h1-2,4-7,12H,3,8-11H2. The molecule has 0 spiro atoms. The summed E-state index contributed by atoms with van der Waals surface area (Å²) in [5.41, 5.74) is -0.0425. The number of rotatable bonds is 3. The van der Waals surface area contributed by atoms with E-state index in [1.54, 1.807) is 6.07 Å². The fourth-order valence-corrected chi connectivity index (χ4v) is 4.67. The van der Waals surface area contributed by atoms with Crippen molar-refractivity contribution in [1.82, 2.24) is 9.21 Å². The molecule has 2 aromatic rings. The highest BCUT2D eigenvalue weighted by Gasteiger charge is 2.29. The Morgan fingerprint density at radius 1 is 0.963 bits per heavy atom. The van der Waals surface area contributed by atoms with E-state index in [1.807, 2.05) is 0 Å². The molecule has 1 aliphatic rings. The molecule has 0 bridgehead atoms. The molecule has 0 aliphatic carbocycles. The molecule has 1 fully saturated rings. The number of benzene rings is 2. The summed E-state index contributed by atoms with van der Waals surface area (Å²) in [4.78, 5) is 13.9. The van der Waals surface area contributed by atoms with Crippen molar-refractivity contribution < 1.29 is 22.0 Å². The molecule has 0 atom stereocenters. The number of amides is 1. The summed E-state index contributed by atoms with van der Waals surface area (Å²) in [6.07, 6.45) is 0.397. The van der Waals surface area contributed by atoms with Gasteiger partial charge in [-0.25, -0.2) is 17.2 Å². The Bertz CT molecular complexity index is 969. The smallest absolute Gasteiger partial charge is 0.256 e. The van der Waals surface area contributed by atoms with E-state index in [2.05, 4.69) is 0 Å². The van der Waals surface area contributed by atoms with Crippen LogP contribution in [0.2, 0.25) is 5.02 Å². The number of hydrogen-bond acceptors (Lipinski definition) is 3. The summed E-state index contributed by atoms with van der Waals surface area (Å²) in [5, 5.41) is -0.276. The third-order valence-electron chi connectivity index (χ3n) is 4.38. The Morgan fingerprint density at radius 3 is 2.41 bits per heavy atom. The second-order valence-electron chi connectivity index (χ2n) is 6.11. The zero-order valence-electron chi connectivity index (χ0n) is 14.2. The van der Waals surface area contributed by atoms with Gasteiger partial charge in [-0.1, -0.05) is 23.7 Å². The molecule has 0 unspecified atom stereocenters. The van der Waals surface area contributed by atoms with E-state index in [-0.39, 0.29) is 35.1 Å². The SMILES string of the molecule is O=C(c1ccccc1F)N1CCCN(S(=O)(=O)c2ccc(F)c(Cl)c2)CC1. The van der Waals surface area contributed by atoms with Crippen LogP contribution in [0.25, 0.3) is 0 Å². The number of carbonyl (C=O) groups excluding carboxylic acids is 1. The van der Waals surface area contributed by atoms with Crippen molar-refractivity contribution >= 4 is 27.5 Å². The Hall–Kier alpha value is -2.03. The van der Waals surface area contributed by atoms with Crippen molar-refractivity contribution in [2.24, 2.45) is 0 Å². The lowest BCUT2D eigenvalue weighted by Crippen LogP contribution is -2.37. The van der Waals surface area contributed by atoms with Crippen molar-refractivity contribution in [2.75, 3.05) is 26.2 Å². The van der Waals surface area contributed by atoms with Crippen molar-refractivity contribution in [2.45, 2.75) is 11.3 Å². The van der Waals surface area contributed by atoms with E-state index in [1.165, 1.54) is 27.4 Å². The highest BCUT2D eigenvalue weighted by atomic mass is 35.5. The number of sulfonamides is 1. The molecule has 0 N–H and O–H groups in total. The lowest BCUT2D eigenvalue weighted by atomic mass is 10.2. The average Bonchev–Trinajstić information content (AvgIpc) is 2.90. The van der Waals surface area contributed by atoms with Gasteiger partial charge in [-0.15, -0.1) is 0 Å². The van der Waals surface area contributed by atoms with Crippen molar-refractivity contribution in [3.8, 4) is 0 Å². The van der Waals surface area contributed by atoms with Gasteiger partial charge in [0.2, 0.25) is 10.0 Å². The van der Waals surface area contributed by atoms with Gasteiger partial charge in [0.25, 0.3) is 5.91 Å². The van der Waals surface area contributed by atoms with Gasteiger partial charge in [0.05, 0.1) is 15.5 Å². The van der Waals surface area contributed by atoms with Gasteiger partial charge in [-0.2, -0.15) is 4.31 Å². The molecule has 1 saturated heterocycles. The Labute approximate surface area is 161 Å². The zero-order chi connectivity index (χ0) is 19.6. The van der Waals surface area contributed by atoms with E-state index >= 15 is 0 Å². The molecule has 1 aliphatic heterocycles. The van der Waals surface area contributed by atoms with Crippen LogP contribution in [-0.2, 0) is 10.0 Å². The lowest BCUT2D eigenvalue weighted by Gasteiger charge is -2.22. The Kier molecular flexibility index (Phi) is 5.78. The molecule has 9 heteroatoms. The van der Waals surface area contributed by atoms with Crippen LogP contribution in [0.3, 0.4) is 0 Å². The minimum atomic E-state index is -3.88. The van der Waals surface area contributed by atoms with Crippen LogP contribution < -0.4 is 0 Å². The summed E-state index contributed by atoms with van der Waals surface area (Å²) in [5.74, 6) is -1.79. The number of hydrogen-bond donors (Lipinski definition) is 0. The van der Waals surface area contributed by atoms with Gasteiger partial charge in [-0.3, -0.25) is 4.79 Å². The maximum atomic E-state index is 13.9. The first-order valence-corrected chi connectivity index (χ1v) is 10.1. The molecule has 1 amide bonds. The van der Waals surface area contributed by atoms with Crippen molar-refractivity contribution in [3.05, 3.63) is 64.7 Å². The summed E-state index contributed by atoms with van der Waals surface area (Å²) < 4.78 is 54.0. The molecule has 27 heavy (non-hydrogen) atoms. The first-order valence-electron chi connectivity index (χ1n) is 8.30. The van der Waals surface area contributed by atoms with E-state index in [4.69, 9.17) is 11.6 Å². The Morgan fingerprint density at radius 2 is 1.70 bits per heavy atom. The summed E-state index contributed by atoms with van der Waals surface area (Å²) in [6.45, 7) is 0.681. The second-order valence-corrected chi connectivity index (χ2v) is 8.45. The third kappa shape index (κ3) is 4.12. The minimum absolute atomic E-state index is 0.0425. The number of carbonyl (C=O) groups is 1. The quantitative estimate of drug-likeness (QED) is 0.775. The highest BCUT2D eigenvalue weighted by molar-refractivity contribution is 7.89. The topological polar surface area (TPSA) is 57.7 Å². The summed E-state index contributed by atoms with van der Waals surface area (Å²) >= 11 is 5.69. The second kappa shape index (κ2) is 7.92.